The second-order valence-electron chi connectivity index (χ2n) is 5.66. The standard InChI is InChI=1S/C17H18ClNO5S/c18-14-4-2-1-3-13(14)10-25(21,22)19-8-7-15(20)12-5-6-16-17(9-12)24-11-23-16/h1-6,9,15,19-20H,7-8,10-11H2. The monoisotopic (exact) mass is 383 g/mol. The average Bonchev–Trinajstić information content (AvgIpc) is 3.04. The van der Waals surface area contributed by atoms with Crippen molar-refractivity contribution in [1.29, 1.82) is 0 Å². The third kappa shape index (κ3) is 4.64. The van der Waals surface area contributed by atoms with E-state index in [0.717, 1.165) is 0 Å². The van der Waals surface area contributed by atoms with Crippen LogP contribution in [0.25, 0.3) is 0 Å². The van der Waals surface area contributed by atoms with Gasteiger partial charge in [0.15, 0.2) is 11.5 Å². The summed E-state index contributed by atoms with van der Waals surface area (Å²) in [4.78, 5) is 0. The average molecular weight is 384 g/mol. The first-order chi connectivity index (χ1) is 11.9. The minimum absolute atomic E-state index is 0.113. The second kappa shape index (κ2) is 7.61. The molecule has 1 heterocycles. The molecule has 0 bridgehead atoms. The van der Waals surface area contributed by atoms with E-state index in [-0.39, 0.29) is 25.5 Å². The van der Waals surface area contributed by atoms with E-state index in [1.165, 1.54) is 0 Å². The molecule has 2 aromatic rings. The van der Waals surface area contributed by atoms with Crippen LogP contribution < -0.4 is 14.2 Å². The van der Waals surface area contributed by atoms with E-state index in [1.54, 1.807) is 42.5 Å². The maximum atomic E-state index is 12.1. The molecule has 0 aromatic heterocycles. The van der Waals surface area contributed by atoms with E-state index >= 15 is 0 Å². The Hall–Kier alpha value is -1.80. The van der Waals surface area contributed by atoms with E-state index < -0.39 is 16.1 Å². The lowest BCUT2D eigenvalue weighted by molar-refractivity contribution is 0.166. The molecule has 1 aliphatic rings. The molecule has 0 fully saturated rings. The summed E-state index contributed by atoms with van der Waals surface area (Å²) in [5.74, 6) is 1.01. The molecule has 25 heavy (non-hydrogen) atoms. The fourth-order valence-corrected chi connectivity index (χ4v) is 3.98. The van der Waals surface area contributed by atoms with Crippen molar-refractivity contribution in [1.82, 2.24) is 4.72 Å². The van der Waals surface area contributed by atoms with E-state index in [4.69, 9.17) is 21.1 Å². The van der Waals surface area contributed by atoms with Crippen molar-refractivity contribution in [3.8, 4) is 11.5 Å². The largest absolute Gasteiger partial charge is 0.454 e. The number of rotatable bonds is 7. The number of sulfonamides is 1. The molecule has 0 spiro atoms. The summed E-state index contributed by atoms with van der Waals surface area (Å²) in [6.45, 7) is 0.277. The second-order valence-corrected chi connectivity index (χ2v) is 7.88. The molecule has 1 unspecified atom stereocenters. The fraction of sp³-hybridized carbons (Fsp3) is 0.294. The number of nitrogens with one attached hydrogen (secondary N) is 1. The molecule has 0 saturated carbocycles. The molecule has 1 aliphatic heterocycles. The van der Waals surface area contributed by atoms with Gasteiger partial charge in [-0.05, 0) is 35.7 Å². The number of hydrogen-bond acceptors (Lipinski definition) is 5. The molecule has 134 valence electrons. The molecular formula is C17H18ClNO5S. The van der Waals surface area contributed by atoms with Gasteiger partial charge < -0.3 is 14.6 Å². The number of hydrogen-bond donors (Lipinski definition) is 2. The third-order valence-electron chi connectivity index (χ3n) is 3.82. The predicted octanol–water partition coefficient (Wildman–Crippen LogP) is 2.61. The van der Waals surface area contributed by atoms with Gasteiger partial charge in [-0.3, -0.25) is 0 Å². The van der Waals surface area contributed by atoms with Crippen LogP contribution >= 0.6 is 11.6 Å². The molecule has 0 saturated heterocycles. The molecular weight excluding hydrogens is 366 g/mol. The summed E-state index contributed by atoms with van der Waals surface area (Å²) in [7, 11) is -3.53. The van der Waals surface area contributed by atoms with Gasteiger partial charge in [-0.1, -0.05) is 35.9 Å². The first-order valence-corrected chi connectivity index (χ1v) is 9.76. The molecule has 2 aromatic carbocycles. The predicted molar refractivity (Wildman–Crippen MR) is 94.2 cm³/mol. The zero-order valence-electron chi connectivity index (χ0n) is 13.3. The zero-order valence-corrected chi connectivity index (χ0v) is 14.9. The van der Waals surface area contributed by atoms with Crippen molar-refractivity contribution in [2.24, 2.45) is 0 Å². The van der Waals surface area contributed by atoms with Gasteiger partial charge in [0.25, 0.3) is 0 Å². The van der Waals surface area contributed by atoms with Crippen molar-refractivity contribution in [3.05, 3.63) is 58.6 Å². The van der Waals surface area contributed by atoms with Crippen molar-refractivity contribution >= 4 is 21.6 Å². The maximum Gasteiger partial charge on any atom is 0.231 e. The lowest BCUT2D eigenvalue weighted by Crippen LogP contribution is -2.27. The number of aliphatic hydroxyl groups is 1. The highest BCUT2D eigenvalue weighted by Gasteiger charge is 2.18. The van der Waals surface area contributed by atoms with Gasteiger partial charge in [0.1, 0.15) is 0 Å². The molecule has 3 rings (SSSR count). The zero-order chi connectivity index (χ0) is 17.9. The molecule has 0 radical (unpaired) electrons. The van der Waals surface area contributed by atoms with Crippen LogP contribution in [0.2, 0.25) is 5.02 Å². The summed E-state index contributed by atoms with van der Waals surface area (Å²) in [5, 5.41) is 10.6. The Balaban J connectivity index is 1.54. The highest BCUT2D eigenvalue weighted by Crippen LogP contribution is 2.34. The summed E-state index contributed by atoms with van der Waals surface area (Å²) >= 11 is 5.99. The summed E-state index contributed by atoms with van der Waals surface area (Å²) < 4.78 is 37.2. The fourth-order valence-electron chi connectivity index (χ4n) is 2.51. The normalized spacial score (nSPS) is 14.5. The van der Waals surface area contributed by atoms with Crippen molar-refractivity contribution < 1.29 is 23.0 Å². The highest BCUT2D eigenvalue weighted by molar-refractivity contribution is 7.88. The molecule has 8 heteroatoms. The smallest absolute Gasteiger partial charge is 0.231 e. The Kier molecular flexibility index (Phi) is 5.48. The van der Waals surface area contributed by atoms with Crippen LogP contribution in [0.4, 0.5) is 0 Å². The highest BCUT2D eigenvalue weighted by atomic mass is 35.5. The van der Waals surface area contributed by atoms with Gasteiger partial charge in [0, 0.05) is 11.6 Å². The van der Waals surface area contributed by atoms with Crippen molar-refractivity contribution in [2.45, 2.75) is 18.3 Å². The number of ether oxygens (including phenoxy) is 2. The van der Waals surface area contributed by atoms with Crippen LogP contribution in [0.15, 0.2) is 42.5 Å². The summed E-state index contributed by atoms with van der Waals surface area (Å²) in [6.07, 6.45) is -0.570. The molecule has 0 aliphatic carbocycles. The molecule has 6 nitrogen and oxygen atoms in total. The number of benzene rings is 2. The van der Waals surface area contributed by atoms with Gasteiger partial charge in [-0.15, -0.1) is 0 Å². The maximum absolute atomic E-state index is 12.1. The van der Waals surface area contributed by atoms with Crippen LogP contribution in [0.3, 0.4) is 0 Å². The summed E-state index contributed by atoms with van der Waals surface area (Å²) in [6, 6.07) is 12.0. The van der Waals surface area contributed by atoms with Gasteiger partial charge >= 0.3 is 0 Å². The van der Waals surface area contributed by atoms with Gasteiger partial charge in [0.2, 0.25) is 16.8 Å². The number of halogens is 1. The molecule has 0 amide bonds. The first kappa shape index (κ1) is 18.0. The lowest BCUT2D eigenvalue weighted by atomic mass is 10.1. The Morgan fingerprint density at radius 1 is 1.16 bits per heavy atom. The van der Waals surface area contributed by atoms with Crippen LogP contribution in [0.1, 0.15) is 23.7 Å². The first-order valence-electron chi connectivity index (χ1n) is 7.73. The Bertz CT molecular complexity index is 856. The van der Waals surface area contributed by atoms with E-state index in [9.17, 15) is 13.5 Å². The quantitative estimate of drug-likeness (QED) is 0.767. The topological polar surface area (TPSA) is 84.9 Å². The van der Waals surface area contributed by atoms with Gasteiger partial charge in [-0.2, -0.15) is 0 Å². The van der Waals surface area contributed by atoms with Crippen molar-refractivity contribution in [2.75, 3.05) is 13.3 Å². The SMILES string of the molecule is O=S(=O)(Cc1ccccc1Cl)NCCC(O)c1ccc2c(c1)OCO2. The molecule has 2 N–H and O–H groups in total. The van der Waals surface area contributed by atoms with Crippen molar-refractivity contribution in [3.63, 3.8) is 0 Å². The van der Waals surface area contributed by atoms with Crippen LogP contribution in [-0.4, -0.2) is 26.9 Å². The molecule has 1 atom stereocenters. The Labute approximate surface area is 151 Å². The Morgan fingerprint density at radius 2 is 1.92 bits per heavy atom. The van der Waals surface area contributed by atoms with Crippen LogP contribution in [0.5, 0.6) is 11.5 Å². The minimum Gasteiger partial charge on any atom is -0.454 e. The minimum atomic E-state index is -3.53. The van der Waals surface area contributed by atoms with Gasteiger partial charge in [0.05, 0.1) is 11.9 Å². The van der Waals surface area contributed by atoms with E-state index in [1.807, 2.05) is 0 Å². The summed E-state index contributed by atoms with van der Waals surface area (Å²) in [5.41, 5.74) is 1.18. The third-order valence-corrected chi connectivity index (χ3v) is 5.53. The van der Waals surface area contributed by atoms with Crippen LogP contribution in [-0.2, 0) is 15.8 Å². The number of aliphatic hydroxyl groups excluding tert-OH is 1. The lowest BCUT2D eigenvalue weighted by Gasteiger charge is -2.13. The van der Waals surface area contributed by atoms with E-state index in [2.05, 4.69) is 4.72 Å². The Morgan fingerprint density at radius 3 is 2.72 bits per heavy atom. The van der Waals surface area contributed by atoms with Crippen LogP contribution in [0, 0.1) is 0 Å². The number of fused-ring (bicyclic) bond motifs is 1. The van der Waals surface area contributed by atoms with E-state index in [0.29, 0.717) is 27.6 Å². The van der Waals surface area contributed by atoms with Gasteiger partial charge in [-0.25, -0.2) is 13.1 Å².